The maximum atomic E-state index is 10.2. The molecule has 0 bridgehead atoms. The van der Waals surface area contributed by atoms with Gasteiger partial charge in [-0.15, -0.1) is 0 Å². The van der Waals surface area contributed by atoms with E-state index >= 15 is 0 Å². The second-order valence-electron chi connectivity index (χ2n) is 5.64. The highest BCUT2D eigenvalue weighted by Crippen LogP contribution is 2.30. The van der Waals surface area contributed by atoms with Gasteiger partial charge in [0.15, 0.2) is 0 Å². The Hall–Kier alpha value is -1.06. The first-order valence-electron chi connectivity index (χ1n) is 7.35. The van der Waals surface area contributed by atoms with E-state index in [0.717, 1.165) is 31.6 Å². The zero-order chi connectivity index (χ0) is 13.8. The largest absolute Gasteiger partial charge is 0.388 e. The van der Waals surface area contributed by atoms with Gasteiger partial charge in [-0.05, 0) is 39.4 Å². The van der Waals surface area contributed by atoms with E-state index in [1.807, 2.05) is 13.0 Å². The first-order chi connectivity index (χ1) is 9.13. The number of hydrogen-bond acceptors (Lipinski definition) is 3. The van der Waals surface area contributed by atoms with E-state index in [-0.39, 0.29) is 6.10 Å². The van der Waals surface area contributed by atoms with E-state index in [9.17, 15) is 5.11 Å². The summed E-state index contributed by atoms with van der Waals surface area (Å²) in [6.07, 6.45) is 1.58. The summed E-state index contributed by atoms with van der Waals surface area (Å²) in [5, 5.41) is 10.2. The van der Waals surface area contributed by atoms with Gasteiger partial charge in [-0.25, -0.2) is 0 Å². The quantitative estimate of drug-likeness (QED) is 0.907. The van der Waals surface area contributed by atoms with Gasteiger partial charge in [-0.1, -0.05) is 25.1 Å². The molecule has 1 aliphatic heterocycles. The smallest absolute Gasteiger partial charge is 0.0807 e. The number of aliphatic hydroxyl groups is 1. The second kappa shape index (κ2) is 6.40. The van der Waals surface area contributed by atoms with Crippen molar-refractivity contribution < 1.29 is 5.11 Å². The van der Waals surface area contributed by atoms with Gasteiger partial charge in [0.05, 0.1) is 6.10 Å². The van der Waals surface area contributed by atoms with E-state index in [1.54, 1.807) is 0 Å². The van der Waals surface area contributed by atoms with E-state index in [2.05, 4.69) is 42.0 Å². The minimum Gasteiger partial charge on any atom is -0.388 e. The lowest BCUT2D eigenvalue weighted by Crippen LogP contribution is -2.38. The van der Waals surface area contributed by atoms with E-state index in [0.29, 0.717) is 6.04 Å². The molecule has 1 unspecified atom stereocenters. The van der Waals surface area contributed by atoms with Gasteiger partial charge >= 0.3 is 0 Å². The summed E-state index contributed by atoms with van der Waals surface area (Å²) < 4.78 is 0. The van der Waals surface area contributed by atoms with Crippen LogP contribution in [0.2, 0.25) is 0 Å². The number of hydrogen-bond donors (Lipinski definition) is 1. The van der Waals surface area contributed by atoms with Crippen molar-refractivity contribution in [2.45, 2.75) is 38.8 Å². The summed E-state index contributed by atoms with van der Waals surface area (Å²) in [7, 11) is 2.19. The molecule has 1 fully saturated rings. The van der Waals surface area contributed by atoms with Crippen LogP contribution < -0.4 is 4.90 Å². The third-order valence-corrected chi connectivity index (χ3v) is 4.04. The van der Waals surface area contributed by atoms with Crippen molar-refractivity contribution in [3.63, 3.8) is 0 Å². The minimum atomic E-state index is -0.357. The molecule has 1 aliphatic rings. The maximum absolute atomic E-state index is 10.2. The van der Waals surface area contributed by atoms with Crippen LogP contribution in [0, 0.1) is 0 Å². The van der Waals surface area contributed by atoms with Crippen LogP contribution in [0.3, 0.4) is 0 Å². The van der Waals surface area contributed by atoms with Gasteiger partial charge in [0.1, 0.15) is 0 Å². The Morgan fingerprint density at radius 2 is 2.05 bits per heavy atom. The Morgan fingerprint density at radius 3 is 2.79 bits per heavy atom. The van der Waals surface area contributed by atoms with E-state index < -0.39 is 0 Å². The fraction of sp³-hybridized carbons (Fsp3) is 0.625. The zero-order valence-electron chi connectivity index (χ0n) is 12.3. The third-order valence-electron chi connectivity index (χ3n) is 4.04. The molecular formula is C16H26N2O. The fourth-order valence-electron chi connectivity index (χ4n) is 2.98. The Balaban J connectivity index is 2.29. The molecule has 0 amide bonds. The van der Waals surface area contributed by atoms with Gasteiger partial charge < -0.3 is 14.9 Å². The van der Waals surface area contributed by atoms with Gasteiger partial charge in [0.25, 0.3) is 0 Å². The number of aliphatic hydroxyl groups excluding tert-OH is 1. The molecule has 1 saturated heterocycles. The Morgan fingerprint density at radius 1 is 1.32 bits per heavy atom. The molecule has 2 rings (SSSR count). The molecule has 1 N–H and O–H groups in total. The number of anilines is 1. The summed E-state index contributed by atoms with van der Waals surface area (Å²) in [6.45, 7) is 7.60. The third kappa shape index (κ3) is 3.28. The molecule has 1 aromatic carbocycles. The van der Waals surface area contributed by atoms with Crippen molar-refractivity contribution in [1.82, 2.24) is 4.90 Å². The van der Waals surface area contributed by atoms with Gasteiger partial charge in [0, 0.05) is 30.4 Å². The maximum Gasteiger partial charge on any atom is 0.0807 e. The van der Waals surface area contributed by atoms with Gasteiger partial charge in [-0.3, -0.25) is 0 Å². The lowest BCUT2D eigenvalue weighted by Gasteiger charge is -2.32. The average Bonchev–Trinajstić information content (AvgIpc) is 2.58. The molecule has 1 aromatic rings. The van der Waals surface area contributed by atoms with Crippen LogP contribution in [0.1, 0.15) is 38.4 Å². The highest BCUT2D eigenvalue weighted by atomic mass is 16.3. The summed E-state index contributed by atoms with van der Waals surface area (Å²) in [6, 6.07) is 8.79. The topological polar surface area (TPSA) is 26.7 Å². The summed E-state index contributed by atoms with van der Waals surface area (Å²) in [4.78, 5) is 4.85. The van der Waals surface area contributed by atoms with Crippen LogP contribution in [0.25, 0.3) is 0 Å². The first-order valence-corrected chi connectivity index (χ1v) is 7.35. The van der Waals surface area contributed by atoms with Crippen molar-refractivity contribution >= 4 is 5.69 Å². The van der Waals surface area contributed by atoms with Crippen molar-refractivity contribution in [2.75, 3.05) is 31.6 Å². The van der Waals surface area contributed by atoms with Crippen molar-refractivity contribution in [2.24, 2.45) is 0 Å². The molecule has 0 aromatic heterocycles. The van der Waals surface area contributed by atoms with Crippen LogP contribution in [0.5, 0.6) is 0 Å². The molecule has 0 saturated carbocycles. The Kier molecular flexibility index (Phi) is 4.83. The van der Waals surface area contributed by atoms with Crippen molar-refractivity contribution in [1.29, 1.82) is 0 Å². The highest BCUT2D eigenvalue weighted by Gasteiger charge is 2.23. The standard InChI is InChI=1S/C16H26N2O/c1-4-16(19)14-8-5-6-9-15(14)18-11-7-10-17(3)12-13(18)2/h5-6,8-9,13,16,19H,4,7,10-12H2,1-3H3/t13?,16-/m0/s1. The molecule has 0 spiro atoms. The first kappa shape index (κ1) is 14.4. The van der Waals surface area contributed by atoms with Crippen molar-refractivity contribution in [3.05, 3.63) is 29.8 Å². The Bertz CT molecular complexity index is 407. The van der Waals surface area contributed by atoms with Gasteiger partial charge in [0.2, 0.25) is 0 Å². The van der Waals surface area contributed by atoms with Crippen LogP contribution in [0.4, 0.5) is 5.69 Å². The molecule has 3 nitrogen and oxygen atoms in total. The predicted octanol–water partition coefficient (Wildman–Crippen LogP) is 2.66. The van der Waals surface area contributed by atoms with Crippen LogP contribution >= 0.6 is 0 Å². The SMILES string of the molecule is CC[C@H](O)c1ccccc1N1CCCN(C)CC1C. The summed E-state index contributed by atoms with van der Waals surface area (Å²) >= 11 is 0. The number of para-hydroxylation sites is 1. The molecular weight excluding hydrogens is 236 g/mol. The lowest BCUT2D eigenvalue weighted by molar-refractivity contribution is 0.174. The zero-order valence-corrected chi connectivity index (χ0v) is 12.3. The number of rotatable bonds is 3. The van der Waals surface area contributed by atoms with E-state index in [4.69, 9.17) is 0 Å². The monoisotopic (exact) mass is 262 g/mol. The Labute approximate surface area is 116 Å². The second-order valence-corrected chi connectivity index (χ2v) is 5.64. The van der Waals surface area contributed by atoms with Crippen LogP contribution in [-0.2, 0) is 0 Å². The number of nitrogens with zero attached hydrogens (tertiary/aromatic N) is 2. The molecule has 2 atom stereocenters. The molecule has 3 heteroatoms. The molecule has 19 heavy (non-hydrogen) atoms. The molecule has 0 aliphatic carbocycles. The summed E-state index contributed by atoms with van der Waals surface area (Å²) in [5.74, 6) is 0. The lowest BCUT2D eigenvalue weighted by atomic mass is 10.0. The number of benzene rings is 1. The minimum absolute atomic E-state index is 0.357. The predicted molar refractivity (Wildman–Crippen MR) is 80.6 cm³/mol. The van der Waals surface area contributed by atoms with Crippen molar-refractivity contribution in [3.8, 4) is 0 Å². The highest BCUT2D eigenvalue weighted by molar-refractivity contribution is 5.55. The van der Waals surface area contributed by atoms with Crippen LogP contribution in [0.15, 0.2) is 24.3 Å². The van der Waals surface area contributed by atoms with Crippen LogP contribution in [-0.4, -0.2) is 42.7 Å². The fourth-order valence-corrected chi connectivity index (χ4v) is 2.98. The average molecular weight is 262 g/mol. The van der Waals surface area contributed by atoms with E-state index in [1.165, 1.54) is 12.1 Å². The molecule has 1 heterocycles. The van der Waals surface area contributed by atoms with Gasteiger partial charge in [-0.2, -0.15) is 0 Å². The molecule has 106 valence electrons. The summed E-state index contributed by atoms with van der Waals surface area (Å²) in [5.41, 5.74) is 2.28. The molecule has 0 radical (unpaired) electrons. The number of likely N-dealkylation sites (N-methyl/N-ethyl adjacent to an activating group) is 1. The normalized spacial score (nSPS) is 23.2.